The van der Waals surface area contributed by atoms with Gasteiger partial charge in [-0.25, -0.2) is 4.98 Å². The van der Waals surface area contributed by atoms with Gasteiger partial charge in [-0.2, -0.15) is 0 Å². The Morgan fingerprint density at radius 1 is 1.19 bits per heavy atom. The standard InChI is InChI=1S/C30H43N3O3/c1-6-10-25(30(4,5)29(34)35)14-13-23(3)15-18-32-19-16-24(17-20-32)28-31-26-11-8-9-12-27(26)33(28)21-22-36-7-2/h8-14,24H,3,6-7,15-22H2,1-2,4-5H3,(H,34,35)/b14-13-,25-10+. The van der Waals surface area contributed by atoms with Crippen molar-refractivity contribution in [1.29, 1.82) is 0 Å². The maximum atomic E-state index is 11.7. The van der Waals surface area contributed by atoms with Crippen LogP contribution in [0.1, 0.15) is 65.1 Å². The molecule has 36 heavy (non-hydrogen) atoms. The predicted molar refractivity (Wildman–Crippen MR) is 147 cm³/mol. The first-order valence-corrected chi connectivity index (χ1v) is 13.3. The minimum atomic E-state index is -0.909. The number of likely N-dealkylation sites (tertiary alicyclic amines) is 1. The van der Waals surface area contributed by atoms with Gasteiger partial charge in [0.1, 0.15) is 5.82 Å². The average Bonchev–Trinajstić information content (AvgIpc) is 3.24. The van der Waals surface area contributed by atoms with Crippen molar-refractivity contribution in [1.82, 2.24) is 14.5 Å². The van der Waals surface area contributed by atoms with Crippen LogP contribution in [-0.4, -0.2) is 58.4 Å². The second-order valence-corrected chi connectivity index (χ2v) is 10.2. The van der Waals surface area contributed by atoms with Gasteiger partial charge < -0.3 is 19.3 Å². The number of allylic oxidation sites excluding steroid dienone is 3. The fraction of sp³-hybridized carbons (Fsp3) is 0.533. The van der Waals surface area contributed by atoms with Crippen LogP contribution in [-0.2, 0) is 16.1 Å². The number of rotatable bonds is 13. The van der Waals surface area contributed by atoms with Crippen LogP contribution in [0.4, 0.5) is 0 Å². The molecule has 0 saturated carbocycles. The third-order valence-corrected chi connectivity index (χ3v) is 7.23. The van der Waals surface area contributed by atoms with Gasteiger partial charge in [0.15, 0.2) is 0 Å². The fourth-order valence-corrected chi connectivity index (χ4v) is 4.82. The zero-order chi connectivity index (χ0) is 26.1. The first-order chi connectivity index (χ1) is 17.3. The number of imidazole rings is 1. The smallest absolute Gasteiger partial charge is 0.313 e. The Kier molecular flexibility index (Phi) is 10.1. The van der Waals surface area contributed by atoms with E-state index in [0.29, 0.717) is 12.5 Å². The molecule has 6 nitrogen and oxygen atoms in total. The third-order valence-electron chi connectivity index (χ3n) is 7.23. The molecule has 1 aromatic heterocycles. The Hall–Kier alpha value is -2.70. The molecule has 1 aromatic carbocycles. The summed E-state index contributed by atoms with van der Waals surface area (Å²) in [5, 5.41) is 9.58. The first-order valence-electron chi connectivity index (χ1n) is 13.3. The number of nitrogens with zero attached hydrogens (tertiary/aromatic N) is 3. The lowest BCUT2D eigenvalue weighted by Gasteiger charge is -2.32. The number of para-hydroxylation sites is 2. The van der Waals surface area contributed by atoms with E-state index in [1.165, 1.54) is 11.3 Å². The first kappa shape index (κ1) is 27.9. The lowest BCUT2D eigenvalue weighted by atomic mass is 9.83. The van der Waals surface area contributed by atoms with Crippen LogP contribution in [0.25, 0.3) is 11.0 Å². The van der Waals surface area contributed by atoms with Crippen LogP contribution in [0.5, 0.6) is 0 Å². The van der Waals surface area contributed by atoms with Gasteiger partial charge in [-0.15, -0.1) is 0 Å². The highest BCUT2D eigenvalue weighted by molar-refractivity contribution is 5.78. The number of aliphatic carboxylic acids is 1. The van der Waals surface area contributed by atoms with Crippen molar-refractivity contribution >= 4 is 17.0 Å². The van der Waals surface area contributed by atoms with E-state index in [-0.39, 0.29) is 0 Å². The molecule has 2 aromatic rings. The number of fused-ring (bicyclic) bond motifs is 1. The number of piperidine rings is 1. The van der Waals surface area contributed by atoms with E-state index >= 15 is 0 Å². The number of carbonyl (C=O) groups is 1. The summed E-state index contributed by atoms with van der Waals surface area (Å²) in [5.41, 5.74) is 3.20. The quantitative estimate of drug-likeness (QED) is 0.266. The molecule has 0 aliphatic carbocycles. The van der Waals surface area contributed by atoms with Crippen LogP contribution in [0.15, 0.2) is 60.2 Å². The lowest BCUT2D eigenvalue weighted by Crippen LogP contribution is -2.34. The topological polar surface area (TPSA) is 67.6 Å². The number of hydrogen-bond acceptors (Lipinski definition) is 4. The van der Waals surface area contributed by atoms with Gasteiger partial charge in [-0.05, 0) is 77.2 Å². The molecule has 0 bridgehead atoms. The average molecular weight is 494 g/mol. The van der Waals surface area contributed by atoms with Gasteiger partial charge in [0, 0.05) is 25.6 Å². The molecule has 1 saturated heterocycles. The Bertz CT molecular complexity index is 1090. The molecule has 1 aliphatic heterocycles. The Morgan fingerprint density at radius 3 is 2.58 bits per heavy atom. The molecule has 0 radical (unpaired) electrons. The van der Waals surface area contributed by atoms with E-state index in [1.807, 2.05) is 32.1 Å². The summed E-state index contributed by atoms with van der Waals surface area (Å²) in [5.74, 6) is 0.837. The minimum Gasteiger partial charge on any atom is -0.481 e. The molecular weight excluding hydrogens is 450 g/mol. The molecule has 2 heterocycles. The van der Waals surface area contributed by atoms with Crippen molar-refractivity contribution in [3.8, 4) is 0 Å². The van der Waals surface area contributed by atoms with Gasteiger partial charge in [0.05, 0.1) is 23.1 Å². The number of hydrogen-bond donors (Lipinski definition) is 1. The van der Waals surface area contributed by atoms with E-state index in [2.05, 4.69) is 40.3 Å². The Morgan fingerprint density at radius 2 is 1.92 bits per heavy atom. The van der Waals surface area contributed by atoms with Crippen LogP contribution in [0.2, 0.25) is 0 Å². The zero-order valence-electron chi connectivity index (χ0n) is 22.5. The van der Waals surface area contributed by atoms with E-state index in [9.17, 15) is 9.90 Å². The van der Waals surface area contributed by atoms with Crippen LogP contribution in [0, 0.1) is 5.41 Å². The van der Waals surface area contributed by atoms with Crippen molar-refractivity contribution in [3.63, 3.8) is 0 Å². The second-order valence-electron chi connectivity index (χ2n) is 10.2. The molecule has 6 heteroatoms. The maximum absolute atomic E-state index is 11.7. The minimum absolute atomic E-state index is 0.457. The van der Waals surface area contributed by atoms with Crippen LogP contribution in [0.3, 0.4) is 0 Å². The molecule has 0 amide bonds. The molecule has 196 valence electrons. The number of carboxylic acid groups (broad SMARTS) is 1. The Balaban J connectivity index is 1.56. The summed E-state index contributed by atoms with van der Waals surface area (Å²) in [6, 6.07) is 8.39. The third kappa shape index (κ3) is 6.95. The number of carboxylic acids is 1. The molecule has 1 fully saturated rings. The highest BCUT2D eigenvalue weighted by atomic mass is 16.5. The number of benzene rings is 1. The summed E-state index contributed by atoms with van der Waals surface area (Å²) in [4.78, 5) is 19.2. The summed E-state index contributed by atoms with van der Waals surface area (Å²) >= 11 is 0. The summed E-state index contributed by atoms with van der Waals surface area (Å²) in [6.07, 6.45) is 9.77. The van der Waals surface area contributed by atoms with Crippen molar-refractivity contribution in [2.24, 2.45) is 5.41 Å². The van der Waals surface area contributed by atoms with Crippen molar-refractivity contribution in [2.45, 2.75) is 65.8 Å². The fourth-order valence-electron chi connectivity index (χ4n) is 4.82. The van der Waals surface area contributed by atoms with Crippen LogP contribution < -0.4 is 0 Å². The lowest BCUT2D eigenvalue weighted by molar-refractivity contribution is -0.144. The van der Waals surface area contributed by atoms with E-state index in [4.69, 9.17) is 9.72 Å². The van der Waals surface area contributed by atoms with Crippen molar-refractivity contribution in [3.05, 3.63) is 66.0 Å². The highest BCUT2D eigenvalue weighted by Crippen LogP contribution is 2.31. The molecule has 3 rings (SSSR count). The van der Waals surface area contributed by atoms with Gasteiger partial charge in [-0.3, -0.25) is 4.79 Å². The monoisotopic (exact) mass is 493 g/mol. The van der Waals surface area contributed by atoms with Gasteiger partial charge in [-0.1, -0.05) is 49.4 Å². The van der Waals surface area contributed by atoms with Gasteiger partial charge in [0.2, 0.25) is 0 Å². The number of aromatic nitrogens is 2. The molecule has 0 atom stereocenters. The summed E-state index contributed by atoms with van der Waals surface area (Å²) in [6.45, 7) is 17.1. The molecule has 1 N–H and O–H groups in total. The molecule has 0 unspecified atom stereocenters. The largest absolute Gasteiger partial charge is 0.481 e. The molecule has 1 aliphatic rings. The zero-order valence-corrected chi connectivity index (χ0v) is 22.5. The molecule has 0 spiro atoms. The van der Waals surface area contributed by atoms with Gasteiger partial charge >= 0.3 is 5.97 Å². The predicted octanol–water partition coefficient (Wildman–Crippen LogP) is 6.20. The van der Waals surface area contributed by atoms with Crippen molar-refractivity contribution < 1.29 is 14.6 Å². The van der Waals surface area contributed by atoms with E-state index < -0.39 is 11.4 Å². The SMILES string of the molecule is C=C(/C=C\C(=C/CC)C(C)(C)C(=O)O)CCN1CCC(c2nc3ccccc3n2CCOCC)CC1. The maximum Gasteiger partial charge on any atom is 0.313 e. The number of ether oxygens (including phenoxy) is 1. The van der Waals surface area contributed by atoms with Gasteiger partial charge in [0.25, 0.3) is 0 Å². The Labute approximate surface area is 216 Å². The van der Waals surface area contributed by atoms with Crippen molar-refractivity contribution in [2.75, 3.05) is 32.8 Å². The normalized spacial score (nSPS) is 16.3. The second kappa shape index (κ2) is 13.0. The summed E-state index contributed by atoms with van der Waals surface area (Å²) < 4.78 is 8.00. The van der Waals surface area contributed by atoms with E-state index in [0.717, 1.165) is 75.1 Å². The molecular formula is C30H43N3O3. The van der Waals surface area contributed by atoms with E-state index in [1.54, 1.807) is 13.8 Å². The summed E-state index contributed by atoms with van der Waals surface area (Å²) in [7, 11) is 0. The highest BCUT2D eigenvalue weighted by Gasteiger charge is 2.30. The van der Waals surface area contributed by atoms with Crippen LogP contribution >= 0.6 is 0 Å².